The Balaban J connectivity index is 0. The van der Waals surface area contributed by atoms with Crippen molar-refractivity contribution in [2.45, 2.75) is 116 Å². The van der Waals surface area contributed by atoms with Crippen LogP contribution in [0.25, 0.3) is 0 Å². The van der Waals surface area contributed by atoms with Gasteiger partial charge in [-0.3, -0.25) is 0 Å². The molecule has 0 radical (unpaired) electrons. The highest BCUT2D eigenvalue weighted by Crippen LogP contribution is 2.13. The Morgan fingerprint density at radius 1 is 0.577 bits per heavy atom. The van der Waals surface area contributed by atoms with Gasteiger partial charge in [-0.15, -0.1) is 0 Å². The van der Waals surface area contributed by atoms with Gasteiger partial charge in [0.05, 0.1) is 6.61 Å². The van der Waals surface area contributed by atoms with Crippen molar-refractivity contribution in [1.82, 2.24) is 4.90 Å². The van der Waals surface area contributed by atoms with Crippen molar-refractivity contribution in [2.24, 2.45) is 0 Å². The first-order valence-corrected chi connectivity index (χ1v) is 11.6. The molecule has 3 N–H and O–H groups in total. The molecular formula is C23H52NO2+. The van der Waals surface area contributed by atoms with Gasteiger partial charge in [0.1, 0.15) is 6.61 Å². The summed E-state index contributed by atoms with van der Waals surface area (Å²) in [4.78, 5) is 2.30. The van der Waals surface area contributed by atoms with Gasteiger partial charge in [-0.1, -0.05) is 103 Å². The van der Waals surface area contributed by atoms with Crippen molar-refractivity contribution in [1.29, 1.82) is 0 Å². The zero-order valence-corrected chi connectivity index (χ0v) is 18.5. The van der Waals surface area contributed by atoms with Crippen LogP contribution in [-0.2, 0) is 0 Å². The van der Waals surface area contributed by atoms with Crippen LogP contribution in [0.4, 0.5) is 0 Å². The van der Waals surface area contributed by atoms with Gasteiger partial charge in [-0.05, 0) is 27.1 Å². The lowest BCUT2D eigenvalue weighted by Crippen LogP contribution is -2.12. The molecule has 0 saturated heterocycles. The van der Waals surface area contributed by atoms with E-state index < -0.39 is 0 Å². The van der Waals surface area contributed by atoms with E-state index in [1.165, 1.54) is 109 Å². The van der Waals surface area contributed by atoms with E-state index >= 15 is 0 Å². The molecule has 3 heteroatoms. The number of aliphatic hydroxyl groups is 1. The van der Waals surface area contributed by atoms with Crippen molar-refractivity contribution in [3.05, 3.63) is 0 Å². The Morgan fingerprint density at radius 2 is 0.923 bits per heavy atom. The fourth-order valence-corrected chi connectivity index (χ4v) is 3.06. The predicted octanol–water partition coefficient (Wildman–Crippen LogP) is 5.90. The fourth-order valence-electron chi connectivity index (χ4n) is 3.06. The summed E-state index contributed by atoms with van der Waals surface area (Å²) in [5.74, 6) is 0. The third kappa shape index (κ3) is 31.6. The molecule has 0 aliphatic rings. The topological polar surface area (TPSA) is 46.4 Å². The highest BCUT2D eigenvalue weighted by molar-refractivity contribution is 4.50. The number of rotatable bonds is 19. The molecule has 0 bridgehead atoms. The Morgan fingerprint density at radius 3 is 1.15 bits per heavy atom. The monoisotopic (exact) mass is 374 g/mol. The van der Waals surface area contributed by atoms with Crippen LogP contribution in [0, 0.1) is 0 Å². The number of hydrogen-bond acceptors (Lipinski definition) is 2. The minimum absolute atomic E-state index is 0.156. The Labute approximate surface area is 165 Å². The molecular weight excluding hydrogens is 322 g/mol. The summed E-state index contributed by atoms with van der Waals surface area (Å²) < 4.78 is 0. The maximum atomic E-state index is 7.95. The van der Waals surface area contributed by atoms with Crippen LogP contribution < -0.4 is 0 Å². The molecule has 0 spiro atoms. The van der Waals surface area contributed by atoms with E-state index in [0.29, 0.717) is 13.0 Å². The lowest BCUT2D eigenvalue weighted by molar-refractivity contribution is 0.221. The summed E-state index contributed by atoms with van der Waals surface area (Å²) in [6, 6.07) is 0. The number of aliphatic hydroxyl groups excluding tert-OH is 1. The smallest absolute Gasteiger partial charge is 0.145 e. The molecule has 0 unspecified atom stereocenters. The number of unbranched alkanes of at least 4 members (excludes halogenated alkanes) is 15. The molecule has 0 aliphatic heterocycles. The molecule has 26 heavy (non-hydrogen) atoms. The molecule has 0 atom stereocenters. The summed E-state index contributed by atoms with van der Waals surface area (Å²) in [6.45, 7) is 4.06. The largest absolute Gasteiger partial charge is 0.445 e. The third-order valence-corrected chi connectivity index (χ3v) is 4.79. The standard InChI is InChI=1S/C20H43N.C3H8O2/c1-4-5-6-7-8-9-10-11-12-13-14-15-16-17-18-19-20-21(2)3;4-2-1-3-5/h4-20H2,1-3H3;4-5H,1-3H2/p+1. The van der Waals surface area contributed by atoms with Gasteiger partial charge in [0.25, 0.3) is 0 Å². The van der Waals surface area contributed by atoms with Crippen LogP contribution in [0.3, 0.4) is 0 Å². The maximum absolute atomic E-state index is 7.95. The number of nitrogens with zero attached hydrogens (tertiary/aromatic N) is 1. The van der Waals surface area contributed by atoms with Gasteiger partial charge >= 0.3 is 0 Å². The van der Waals surface area contributed by atoms with E-state index in [1.54, 1.807) is 0 Å². The summed E-state index contributed by atoms with van der Waals surface area (Å²) >= 11 is 0. The molecule has 0 fully saturated rings. The van der Waals surface area contributed by atoms with Gasteiger partial charge in [0.2, 0.25) is 0 Å². The van der Waals surface area contributed by atoms with E-state index in [1.807, 2.05) is 0 Å². The summed E-state index contributed by atoms with van der Waals surface area (Å²) in [6.07, 6.45) is 23.9. The van der Waals surface area contributed by atoms with Crippen molar-refractivity contribution < 1.29 is 10.2 Å². The molecule has 3 nitrogen and oxygen atoms in total. The minimum atomic E-state index is 0.156. The molecule has 160 valence electrons. The van der Waals surface area contributed by atoms with Crippen LogP contribution in [0.5, 0.6) is 0 Å². The van der Waals surface area contributed by atoms with E-state index in [9.17, 15) is 0 Å². The molecule has 0 aromatic rings. The fraction of sp³-hybridized carbons (Fsp3) is 1.00. The minimum Gasteiger partial charge on any atom is -0.445 e. The second-order valence-electron chi connectivity index (χ2n) is 7.93. The molecule has 0 heterocycles. The molecule has 0 amide bonds. The second-order valence-corrected chi connectivity index (χ2v) is 7.93. The predicted molar refractivity (Wildman–Crippen MR) is 118 cm³/mol. The third-order valence-electron chi connectivity index (χ3n) is 4.79. The lowest BCUT2D eigenvalue weighted by Gasteiger charge is -2.08. The first kappa shape index (κ1) is 28.1. The van der Waals surface area contributed by atoms with Crippen molar-refractivity contribution in [3.63, 3.8) is 0 Å². The zero-order valence-electron chi connectivity index (χ0n) is 18.5. The Hall–Kier alpha value is -0.120. The average molecular weight is 375 g/mol. The van der Waals surface area contributed by atoms with Gasteiger partial charge in [-0.2, -0.15) is 0 Å². The molecule has 0 aliphatic carbocycles. The van der Waals surface area contributed by atoms with Gasteiger partial charge in [0, 0.05) is 6.42 Å². The Kier molecular flexibility index (Phi) is 29.3. The summed E-state index contributed by atoms with van der Waals surface area (Å²) in [7, 11) is 4.34. The molecule has 0 rings (SSSR count). The highest BCUT2D eigenvalue weighted by Gasteiger charge is 1.95. The Bertz CT molecular complexity index is 220. The van der Waals surface area contributed by atoms with E-state index in [0.717, 1.165) is 0 Å². The summed E-state index contributed by atoms with van der Waals surface area (Å²) in [5.41, 5.74) is 0. The molecule has 0 aromatic heterocycles. The molecule has 0 saturated carbocycles. The van der Waals surface area contributed by atoms with Gasteiger partial charge in [-0.25, -0.2) is 0 Å². The van der Waals surface area contributed by atoms with Crippen LogP contribution in [0.1, 0.15) is 116 Å². The number of hydrogen-bond donors (Lipinski definition) is 1. The first-order chi connectivity index (χ1) is 12.7. The zero-order chi connectivity index (χ0) is 19.7. The summed E-state index contributed by atoms with van der Waals surface area (Å²) in [5, 5.41) is 14.4. The van der Waals surface area contributed by atoms with Gasteiger partial charge < -0.3 is 15.1 Å². The van der Waals surface area contributed by atoms with Crippen molar-refractivity contribution in [2.75, 3.05) is 33.9 Å². The van der Waals surface area contributed by atoms with Crippen molar-refractivity contribution in [3.8, 4) is 0 Å². The maximum Gasteiger partial charge on any atom is 0.145 e. The SMILES string of the molecule is CCCCCCCCCCCCCCCCCCN(C)C.OCCC[OH2+]. The quantitative estimate of drug-likeness (QED) is 0.226. The first-order valence-electron chi connectivity index (χ1n) is 11.6. The normalized spacial score (nSPS) is 10.8. The van der Waals surface area contributed by atoms with E-state index in [-0.39, 0.29) is 6.61 Å². The van der Waals surface area contributed by atoms with Crippen LogP contribution in [0.2, 0.25) is 0 Å². The molecule has 0 aromatic carbocycles. The van der Waals surface area contributed by atoms with Crippen LogP contribution >= 0.6 is 0 Å². The lowest BCUT2D eigenvalue weighted by atomic mass is 10.0. The van der Waals surface area contributed by atoms with Gasteiger partial charge in [0.15, 0.2) is 0 Å². The average Bonchev–Trinajstić information content (AvgIpc) is 2.62. The van der Waals surface area contributed by atoms with Crippen LogP contribution in [-0.4, -0.2) is 49.0 Å². The second kappa shape index (κ2) is 27.1. The van der Waals surface area contributed by atoms with E-state index in [4.69, 9.17) is 10.2 Å². The van der Waals surface area contributed by atoms with E-state index in [2.05, 4.69) is 25.9 Å². The van der Waals surface area contributed by atoms with Crippen LogP contribution in [0.15, 0.2) is 0 Å². The highest BCUT2D eigenvalue weighted by atomic mass is 16.3. The van der Waals surface area contributed by atoms with Crippen molar-refractivity contribution >= 4 is 0 Å².